The molecule has 0 saturated carbocycles. The minimum atomic E-state index is -0.296. The van der Waals surface area contributed by atoms with Crippen molar-refractivity contribution in [3.05, 3.63) is 52.3 Å². The van der Waals surface area contributed by atoms with Crippen molar-refractivity contribution in [3.63, 3.8) is 0 Å². The Morgan fingerprint density at radius 2 is 1.85 bits per heavy atom. The fraction of sp³-hybridized carbons (Fsp3) is 0.400. The molecule has 2 N–H and O–H groups in total. The third-order valence-electron chi connectivity index (χ3n) is 3.60. The minimum absolute atomic E-state index is 0.0697. The zero-order chi connectivity index (χ0) is 19.9. The second-order valence-electron chi connectivity index (χ2n) is 7.14. The molecule has 27 heavy (non-hydrogen) atoms. The highest BCUT2D eigenvalue weighted by molar-refractivity contribution is 9.10. The molecule has 1 heterocycles. The van der Waals surface area contributed by atoms with E-state index in [-0.39, 0.29) is 18.1 Å². The van der Waals surface area contributed by atoms with Crippen LogP contribution in [0.3, 0.4) is 0 Å². The largest absolute Gasteiger partial charge is 0.493 e. The number of hydrogen-bond donors (Lipinski definition) is 2. The summed E-state index contributed by atoms with van der Waals surface area (Å²) in [6.45, 7) is 7.10. The van der Waals surface area contributed by atoms with E-state index in [1.807, 2.05) is 45.0 Å². The van der Waals surface area contributed by atoms with E-state index in [4.69, 9.17) is 9.47 Å². The summed E-state index contributed by atoms with van der Waals surface area (Å²) < 4.78 is 12.0. The molecule has 0 spiro atoms. The molecular weight excluding hydrogens is 410 g/mol. The van der Waals surface area contributed by atoms with Crippen LogP contribution < -0.4 is 20.1 Å². The van der Waals surface area contributed by atoms with Crippen molar-refractivity contribution in [1.29, 1.82) is 0 Å². The lowest BCUT2D eigenvalue weighted by Crippen LogP contribution is -2.43. The average molecular weight is 436 g/mol. The van der Waals surface area contributed by atoms with Gasteiger partial charge in [0, 0.05) is 35.5 Å². The molecule has 0 fully saturated rings. The van der Waals surface area contributed by atoms with Gasteiger partial charge in [-0.3, -0.25) is 9.78 Å². The Balaban J connectivity index is 1.98. The molecule has 0 aliphatic heterocycles. The van der Waals surface area contributed by atoms with Crippen LogP contribution in [0.4, 0.5) is 0 Å². The zero-order valence-electron chi connectivity index (χ0n) is 16.1. The Kier molecular flexibility index (Phi) is 7.62. The van der Waals surface area contributed by atoms with E-state index >= 15 is 0 Å². The summed E-state index contributed by atoms with van der Waals surface area (Å²) in [5.74, 6) is 0.928. The number of pyridine rings is 1. The quantitative estimate of drug-likeness (QED) is 0.664. The van der Waals surface area contributed by atoms with Crippen LogP contribution in [-0.2, 0) is 17.9 Å². The molecule has 0 radical (unpaired) electrons. The normalized spacial score (nSPS) is 11.1. The van der Waals surface area contributed by atoms with Crippen LogP contribution in [-0.4, -0.2) is 30.1 Å². The van der Waals surface area contributed by atoms with Crippen molar-refractivity contribution in [2.75, 3.05) is 13.7 Å². The number of rotatable bonds is 8. The van der Waals surface area contributed by atoms with Gasteiger partial charge in [0.05, 0.1) is 7.11 Å². The fourth-order valence-electron chi connectivity index (χ4n) is 2.42. The third kappa shape index (κ3) is 7.19. The zero-order valence-corrected chi connectivity index (χ0v) is 17.7. The first-order valence-electron chi connectivity index (χ1n) is 8.68. The lowest BCUT2D eigenvalue weighted by molar-refractivity contribution is -0.124. The van der Waals surface area contributed by atoms with Crippen molar-refractivity contribution >= 4 is 21.8 Å². The van der Waals surface area contributed by atoms with E-state index in [1.54, 1.807) is 19.5 Å². The second kappa shape index (κ2) is 9.71. The summed E-state index contributed by atoms with van der Waals surface area (Å²) in [6, 6.07) is 7.68. The van der Waals surface area contributed by atoms with Crippen LogP contribution in [0.2, 0.25) is 0 Å². The van der Waals surface area contributed by atoms with Crippen molar-refractivity contribution in [2.45, 2.75) is 39.4 Å². The van der Waals surface area contributed by atoms with E-state index in [0.717, 1.165) is 22.1 Å². The molecule has 0 atom stereocenters. The van der Waals surface area contributed by atoms with Gasteiger partial charge < -0.3 is 20.1 Å². The number of benzene rings is 1. The molecule has 7 heteroatoms. The molecule has 2 rings (SSSR count). The maximum absolute atomic E-state index is 12.0. The van der Waals surface area contributed by atoms with E-state index in [1.165, 1.54) is 0 Å². The topological polar surface area (TPSA) is 72.5 Å². The summed E-state index contributed by atoms with van der Waals surface area (Å²) in [6.07, 6.45) is 3.55. The van der Waals surface area contributed by atoms with E-state index in [0.29, 0.717) is 18.0 Å². The molecule has 1 aromatic heterocycles. The Hall–Kier alpha value is -2.12. The number of amides is 1. The lowest BCUT2D eigenvalue weighted by atomic mass is 10.1. The molecule has 2 aromatic rings. The van der Waals surface area contributed by atoms with Gasteiger partial charge in [-0.1, -0.05) is 15.9 Å². The summed E-state index contributed by atoms with van der Waals surface area (Å²) in [5.41, 5.74) is 1.90. The summed E-state index contributed by atoms with van der Waals surface area (Å²) in [7, 11) is 1.58. The van der Waals surface area contributed by atoms with Gasteiger partial charge in [0.25, 0.3) is 5.91 Å². The van der Waals surface area contributed by atoms with Gasteiger partial charge >= 0.3 is 0 Å². The smallest absolute Gasteiger partial charge is 0.258 e. The molecule has 146 valence electrons. The number of halogens is 1. The Morgan fingerprint density at radius 1 is 1.15 bits per heavy atom. The van der Waals surface area contributed by atoms with Crippen LogP contribution in [0, 0.1) is 0 Å². The summed E-state index contributed by atoms with van der Waals surface area (Å²) >= 11 is 3.57. The molecule has 0 bridgehead atoms. The summed E-state index contributed by atoms with van der Waals surface area (Å²) in [4.78, 5) is 16.0. The molecular formula is C20H26BrN3O3. The van der Waals surface area contributed by atoms with Crippen LogP contribution >= 0.6 is 15.9 Å². The monoisotopic (exact) mass is 435 g/mol. The molecule has 1 amide bonds. The van der Waals surface area contributed by atoms with Crippen molar-refractivity contribution in [2.24, 2.45) is 0 Å². The van der Waals surface area contributed by atoms with E-state index < -0.39 is 0 Å². The average Bonchev–Trinajstić information content (AvgIpc) is 2.61. The fourth-order valence-corrected chi connectivity index (χ4v) is 2.89. The third-order valence-corrected chi connectivity index (χ3v) is 4.34. The SMILES string of the molecule is COc1cc(CNCc2ccncc2)c(Br)cc1OCC(=O)NC(C)(C)C. The number of ether oxygens (including phenoxy) is 2. The standard InChI is InChI=1S/C20H26BrN3O3/c1-20(2,3)24-19(25)13-27-18-10-16(21)15(9-17(18)26-4)12-23-11-14-5-7-22-8-6-14/h5-10,23H,11-13H2,1-4H3,(H,24,25). The Bertz CT molecular complexity index is 761. The Morgan fingerprint density at radius 3 is 2.48 bits per heavy atom. The highest BCUT2D eigenvalue weighted by atomic mass is 79.9. The van der Waals surface area contributed by atoms with Gasteiger partial charge in [-0.05, 0) is 56.2 Å². The van der Waals surface area contributed by atoms with Crippen LogP contribution in [0.1, 0.15) is 31.9 Å². The predicted octanol–water partition coefficient (Wildman–Crippen LogP) is 3.44. The second-order valence-corrected chi connectivity index (χ2v) is 7.99. The van der Waals surface area contributed by atoms with Gasteiger partial charge in [0.2, 0.25) is 0 Å². The highest BCUT2D eigenvalue weighted by Gasteiger charge is 2.16. The molecule has 0 saturated heterocycles. The lowest BCUT2D eigenvalue weighted by Gasteiger charge is -2.21. The van der Waals surface area contributed by atoms with Crippen molar-refractivity contribution < 1.29 is 14.3 Å². The molecule has 6 nitrogen and oxygen atoms in total. The maximum Gasteiger partial charge on any atom is 0.258 e. The highest BCUT2D eigenvalue weighted by Crippen LogP contribution is 2.33. The number of nitrogens with one attached hydrogen (secondary N) is 2. The van der Waals surface area contributed by atoms with Crippen LogP contribution in [0.15, 0.2) is 41.1 Å². The van der Waals surface area contributed by atoms with Crippen LogP contribution in [0.25, 0.3) is 0 Å². The maximum atomic E-state index is 12.0. The first-order chi connectivity index (χ1) is 12.8. The van der Waals surface area contributed by atoms with Gasteiger partial charge in [0.1, 0.15) is 0 Å². The number of methoxy groups -OCH3 is 1. The summed E-state index contributed by atoms with van der Waals surface area (Å²) in [5, 5.41) is 6.25. The number of carbonyl (C=O) groups excluding carboxylic acids is 1. The number of nitrogens with zero attached hydrogens (tertiary/aromatic N) is 1. The number of hydrogen-bond acceptors (Lipinski definition) is 5. The molecule has 1 aromatic carbocycles. The first-order valence-corrected chi connectivity index (χ1v) is 9.47. The van der Waals surface area contributed by atoms with E-state index in [2.05, 4.69) is 31.5 Å². The van der Waals surface area contributed by atoms with E-state index in [9.17, 15) is 4.79 Å². The van der Waals surface area contributed by atoms with Crippen LogP contribution in [0.5, 0.6) is 11.5 Å². The van der Waals surface area contributed by atoms with Gasteiger partial charge in [-0.2, -0.15) is 0 Å². The van der Waals surface area contributed by atoms with Crippen molar-refractivity contribution in [1.82, 2.24) is 15.6 Å². The number of carbonyl (C=O) groups is 1. The molecule has 0 aliphatic carbocycles. The Labute approximate surface area is 168 Å². The molecule has 0 aliphatic rings. The minimum Gasteiger partial charge on any atom is -0.493 e. The number of aromatic nitrogens is 1. The van der Waals surface area contributed by atoms with Gasteiger partial charge in [-0.15, -0.1) is 0 Å². The predicted molar refractivity (Wildman–Crippen MR) is 109 cm³/mol. The first kappa shape index (κ1) is 21.2. The van der Waals surface area contributed by atoms with Gasteiger partial charge in [-0.25, -0.2) is 0 Å². The van der Waals surface area contributed by atoms with Gasteiger partial charge in [0.15, 0.2) is 18.1 Å². The van der Waals surface area contributed by atoms with Crippen molar-refractivity contribution in [3.8, 4) is 11.5 Å². The molecule has 0 unspecified atom stereocenters.